The molecule has 0 saturated carbocycles. The van der Waals surface area contributed by atoms with Crippen LogP contribution in [0.2, 0.25) is 0 Å². The standard InChI is InChI=1S/C28H28N8OS/c1-34(2)12-5-7-25(37)35-13-10-22-24(17-35)38-28-26(22)27(30-18-31-28)33-20-8-9-23-19(14-20)15-32-36(23)16-21-6-3-4-11-29-21/h3-9,11,14-15,18H,10,12-13,16-17H2,1-2H3,(H,30,31,33)/b7-5+. The summed E-state index contributed by atoms with van der Waals surface area (Å²) in [5, 5.41) is 10.2. The smallest absolute Gasteiger partial charge is 0.246 e. The zero-order chi connectivity index (χ0) is 26.1. The number of thiophene rings is 1. The van der Waals surface area contributed by atoms with Gasteiger partial charge in [-0.2, -0.15) is 5.10 Å². The topological polar surface area (TPSA) is 92.1 Å². The summed E-state index contributed by atoms with van der Waals surface area (Å²) in [7, 11) is 3.97. The van der Waals surface area contributed by atoms with Crippen LogP contribution in [0, 0.1) is 0 Å². The largest absolute Gasteiger partial charge is 0.340 e. The Kier molecular flexibility index (Phi) is 6.57. The highest BCUT2D eigenvalue weighted by Crippen LogP contribution is 2.38. The van der Waals surface area contributed by atoms with E-state index in [4.69, 9.17) is 0 Å². The SMILES string of the molecule is CN(C)C/C=C/C(=O)N1CCc2c(sc3ncnc(Nc4ccc5c(cnn5Cc5ccccn5)c4)c23)C1. The molecule has 1 aliphatic heterocycles. The second kappa shape index (κ2) is 10.3. The lowest BCUT2D eigenvalue weighted by Gasteiger charge is -2.26. The second-order valence-electron chi connectivity index (χ2n) is 9.60. The first-order valence-electron chi connectivity index (χ1n) is 12.5. The molecule has 0 aliphatic carbocycles. The van der Waals surface area contributed by atoms with Crippen molar-refractivity contribution in [2.45, 2.75) is 19.5 Å². The molecule has 0 radical (unpaired) electrons. The number of carbonyl (C=O) groups excluding carboxylic acids is 1. The summed E-state index contributed by atoms with van der Waals surface area (Å²) in [5.74, 6) is 0.842. The predicted octanol–water partition coefficient (Wildman–Crippen LogP) is 4.23. The number of nitrogens with one attached hydrogen (secondary N) is 1. The van der Waals surface area contributed by atoms with E-state index in [1.54, 1.807) is 29.9 Å². The van der Waals surface area contributed by atoms with E-state index in [0.29, 0.717) is 19.6 Å². The number of anilines is 2. The zero-order valence-electron chi connectivity index (χ0n) is 21.3. The molecule has 1 N–H and O–H groups in total. The van der Waals surface area contributed by atoms with Gasteiger partial charge in [0.05, 0.1) is 35.9 Å². The van der Waals surface area contributed by atoms with Crippen molar-refractivity contribution in [3.63, 3.8) is 0 Å². The molecule has 5 aromatic rings. The first-order chi connectivity index (χ1) is 18.5. The Bertz CT molecular complexity index is 1640. The van der Waals surface area contributed by atoms with Crippen molar-refractivity contribution in [1.29, 1.82) is 0 Å². The average molecular weight is 525 g/mol. The van der Waals surface area contributed by atoms with Gasteiger partial charge in [-0.15, -0.1) is 11.3 Å². The van der Waals surface area contributed by atoms with Crippen molar-refractivity contribution in [2.24, 2.45) is 0 Å². The number of benzene rings is 1. The molecule has 192 valence electrons. The lowest BCUT2D eigenvalue weighted by Crippen LogP contribution is -2.34. The minimum absolute atomic E-state index is 0.0521. The molecule has 5 heterocycles. The van der Waals surface area contributed by atoms with Crippen molar-refractivity contribution in [3.05, 3.63) is 83.4 Å². The highest BCUT2D eigenvalue weighted by Gasteiger charge is 2.25. The third-order valence-electron chi connectivity index (χ3n) is 6.62. The molecule has 9 nitrogen and oxygen atoms in total. The van der Waals surface area contributed by atoms with E-state index in [-0.39, 0.29) is 5.91 Å². The van der Waals surface area contributed by atoms with Crippen molar-refractivity contribution in [2.75, 3.05) is 32.5 Å². The lowest BCUT2D eigenvalue weighted by molar-refractivity contribution is -0.126. The van der Waals surface area contributed by atoms with Crippen LogP contribution < -0.4 is 5.32 Å². The minimum atomic E-state index is 0.0521. The van der Waals surface area contributed by atoms with Crippen LogP contribution in [0.15, 0.2) is 67.3 Å². The van der Waals surface area contributed by atoms with Gasteiger partial charge in [-0.05, 0) is 56.4 Å². The molecule has 1 aliphatic rings. The Morgan fingerprint density at radius 3 is 2.95 bits per heavy atom. The zero-order valence-corrected chi connectivity index (χ0v) is 22.1. The number of aromatic nitrogens is 5. The quantitative estimate of drug-likeness (QED) is 0.319. The van der Waals surface area contributed by atoms with Crippen LogP contribution in [0.4, 0.5) is 11.5 Å². The van der Waals surface area contributed by atoms with E-state index in [1.807, 2.05) is 65.1 Å². The van der Waals surface area contributed by atoms with E-state index >= 15 is 0 Å². The summed E-state index contributed by atoms with van der Waals surface area (Å²) >= 11 is 1.64. The molecule has 38 heavy (non-hydrogen) atoms. The highest BCUT2D eigenvalue weighted by molar-refractivity contribution is 7.19. The van der Waals surface area contributed by atoms with Gasteiger partial charge in [-0.25, -0.2) is 9.97 Å². The third-order valence-corrected chi connectivity index (χ3v) is 7.75. The van der Waals surface area contributed by atoms with Crippen molar-refractivity contribution < 1.29 is 4.79 Å². The summed E-state index contributed by atoms with van der Waals surface area (Å²) in [4.78, 5) is 32.3. The number of rotatable bonds is 7. The number of hydrogen-bond acceptors (Lipinski definition) is 8. The first-order valence-corrected chi connectivity index (χ1v) is 13.3. The Balaban J connectivity index is 1.23. The van der Waals surface area contributed by atoms with Gasteiger partial charge in [-0.1, -0.05) is 12.1 Å². The fraction of sp³-hybridized carbons (Fsp3) is 0.250. The summed E-state index contributed by atoms with van der Waals surface area (Å²) < 4.78 is 1.96. The maximum absolute atomic E-state index is 12.7. The van der Waals surface area contributed by atoms with E-state index < -0.39 is 0 Å². The molecule has 6 rings (SSSR count). The van der Waals surface area contributed by atoms with Gasteiger partial charge in [0.25, 0.3) is 0 Å². The molecule has 0 unspecified atom stereocenters. The van der Waals surface area contributed by atoms with Gasteiger partial charge >= 0.3 is 0 Å². The molecule has 0 saturated heterocycles. The Morgan fingerprint density at radius 1 is 1.18 bits per heavy atom. The number of amides is 1. The molecule has 10 heteroatoms. The van der Waals surface area contributed by atoms with E-state index in [9.17, 15) is 4.79 Å². The van der Waals surface area contributed by atoms with E-state index in [1.165, 1.54) is 10.4 Å². The van der Waals surface area contributed by atoms with Gasteiger partial charge in [-0.3, -0.25) is 14.5 Å². The van der Waals surface area contributed by atoms with Crippen LogP contribution in [0.3, 0.4) is 0 Å². The van der Waals surface area contributed by atoms with Crippen molar-refractivity contribution in [3.8, 4) is 0 Å². The summed E-state index contributed by atoms with van der Waals surface area (Å²) in [6.45, 7) is 2.65. The molecule has 0 fully saturated rings. The fourth-order valence-corrected chi connectivity index (χ4v) is 5.96. The molecule has 0 bridgehead atoms. The second-order valence-corrected chi connectivity index (χ2v) is 10.7. The number of fused-ring (bicyclic) bond motifs is 4. The molecule has 0 atom stereocenters. The van der Waals surface area contributed by atoms with Gasteiger partial charge in [0.2, 0.25) is 5.91 Å². The first kappa shape index (κ1) is 24.2. The normalized spacial score (nSPS) is 13.6. The summed E-state index contributed by atoms with van der Waals surface area (Å²) in [6, 6.07) is 12.1. The Hall–Kier alpha value is -4.15. The van der Waals surface area contributed by atoms with Gasteiger partial charge in [0.1, 0.15) is 17.0 Å². The van der Waals surface area contributed by atoms with Crippen molar-refractivity contribution in [1.82, 2.24) is 34.5 Å². The summed E-state index contributed by atoms with van der Waals surface area (Å²) in [6.07, 6.45) is 9.65. The molecular formula is C28H28N8OS. The molecule has 4 aromatic heterocycles. The fourth-order valence-electron chi connectivity index (χ4n) is 4.75. The maximum atomic E-state index is 12.7. The number of nitrogens with zero attached hydrogens (tertiary/aromatic N) is 7. The Morgan fingerprint density at radius 2 is 2.11 bits per heavy atom. The third kappa shape index (κ3) is 4.88. The molecule has 0 spiro atoms. The van der Waals surface area contributed by atoms with Gasteiger partial charge in [0, 0.05) is 41.3 Å². The number of carbonyl (C=O) groups is 1. The maximum Gasteiger partial charge on any atom is 0.246 e. The van der Waals surface area contributed by atoms with Crippen molar-refractivity contribution >= 4 is 49.9 Å². The van der Waals surface area contributed by atoms with Crippen LogP contribution in [-0.2, 0) is 24.3 Å². The van der Waals surface area contributed by atoms with Crippen LogP contribution in [0.5, 0.6) is 0 Å². The molecule has 1 amide bonds. The van der Waals surface area contributed by atoms with E-state index in [0.717, 1.165) is 51.3 Å². The highest BCUT2D eigenvalue weighted by atomic mass is 32.1. The number of likely N-dealkylation sites (N-methyl/N-ethyl adjacent to an activating group) is 1. The van der Waals surface area contributed by atoms with Crippen LogP contribution >= 0.6 is 11.3 Å². The molecule has 1 aromatic carbocycles. The van der Waals surface area contributed by atoms with Crippen LogP contribution in [0.1, 0.15) is 16.1 Å². The average Bonchev–Trinajstić information content (AvgIpc) is 3.50. The van der Waals surface area contributed by atoms with E-state index in [2.05, 4.69) is 37.5 Å². The minimum Gasteiger partial charge on any atom is -0.340 e. The lowest BCUT2D eigenvalue weighted by atomic mass is 10.0. The Labute approximate surface area is 224 Å². The molecular weight excluding hydrogens is 496 g/mol. The number of pyridine rings is 1. The van der Waals surface area contributed by atoms with Gasteiger partial charge < -0.3 is 15.1 Å². The monoisotopic (exact) mass is 524 g/mol. The number of hydrogen-bond donors (Lipinski definition) is 1. The van der Waals surface area contributed by atoms with Crippen LogP contribution in [-0.4, -0.2) is 67.6 Å². The predicted molar refractivity (Wildman–Crippen MR) is 151 cm³/mol. The van der Waals surface area contributed by atoms with Gasteiger partial charge in [0.15, 0.2) is 0 Å². The van der Waals surface area contributed by atoms with Crippen LogP contribution in [0.25, 0.3) is 21.1 Å². The summed E-state index contributed by atoms with van der Waals surface area (Å²) in [5.41, 5.74) is 4.19.